The summed E-state index contributed by atoms with van der Waals surface area (Å²) in [5.74, 6) is 0. The van der Waals surface area contributed by atoms with Crippen LogP contribution in [0.15, 0.2) is 0 Å². The third kappa shape index (κ3) is 1.45. The van der Waals surface area contributed by atoms with E-state index in [1.165, 1.54) is 0 Å². The van der Waals surface area contributed by atoms with E-state index in [2.05, 4.69) is 4.98 Å². The Morgan fingerprint density at radius 3 is 2.82 bits per heavy atom. The van der Waals surface area contributed by atoms with E-state index in [0.717, 1.165) is 11.3 Å². The van der Waals surface area contributed by atoms with Gasteiger partial charge in [0.25, 0.3) is 0 Å². The molecule has 0 aromatic carbocycles. The molecule has 2 N–H and O–H groups in total. The Kier molecular flexibility index (Phi) is 2.04. The number of nitro groups is 1. The van der Waals surface area contributed by atoms with E-state index >= 15 is 0 Å². The topological polar surface area (TPSA) is 82.0 Å². The molecule has 1 aromatic rings. The molecule has 0 atom stereocenters. The van der Waals surface area contributed by atoms with Gasteiger partial charge in [0, 0.05) is 0 Å². The molecule has 0 fully saturated rings. The smallest absolute Gasteiger partial charge is 0.348 e. The molecule has 1 heterocycles. The fraction of sp³-hybridized carbons (Fsp3) is 0.400. The SMILES string of the molecule is CCc1nc(N)sc1[N+](=O)[O-]. The fourth-order valence-electron chi connectivity index (χ4n) is 0.735. The van der Waals surface area contributed by atoms with Crippen LogP contribution in [0.2, 0.25) is 0 Å². The molecule has 1 aromatic heterocycles. The van der Waals surface area contributed by atoms with E-state index in [0.29, 0.717) is 12.1 Å². The average Bonchev–Trinajstić information content (AvgIpc) is 2.30. The summed E-state index contributed by atoms with van der Waals surface area (Å²) >= 11 is 0.915. The monoisotopic (exact) mass is 173 g/mol. The molecule has 0 aliphatic rings. The number of hydrogen-bond donors (Lipinski definition) is 1. The highest BCUT2D eigenvalue weighted by molar-refractivity contribution is 7.18. The van der Waals surface area contributed by atoms with Gasteiger partial charge < -0.3 is 5.73 Å². The predicted octanol–water partition coefficient (Wildman–Crippen LogP) is 1.20. The number of aryl methyl sites for hydroxylation is 1. The molecule has 0 bridgehead atoms. The van der Waals surface area contributed by atoms with Crippen LogP contribution in [-0.2, 0) is 6.42 Å². The van der Waals surface area contributed by atoms with E-state index in [1.54, 1.807) is 0 Å². The van der Waals surface area contributed by atoms with Crippen molar-refractivity contribution in [3.8, 4) is 0 Å². The molecular formula is C5H7N3O2S. The average molecular weight is 173 g/mol. The first kappa shape index (κ1) is 7.93. The molecule has 0 saturated carbocycles. The summed E-state index contributed by atoms with van der Waals surface area (Å²) < 4.78 is 0. The summed E-state index contributed by atoms with van der Waals surface area (Å²) in [6, 6.07) is 0. The first-order chi connectivity index (χ1) is 5.15. The molecule has 0 radical (unpaired) electrons. The second-order valence-electron chi connectivity index (χ2n) is 1.91. The highest BCUT2D eigenvalue weighted by Gasteiger charge is 2.17. The molecule has 5 nitrogen and oxygen atoms in total. The minimum Gasteiger partial charge on any atom is -0.375 e. The van der Waals surface area contributed by atoms with Gasteiger partial charge in [0.05, 0.1) is 4.92 Å². The summed E-state index contributed by atoms with van der Waals surface area (Å²) in [5.41, 5.74) is 5.77. The zero-order valence-corrected chi connectivity index (χ0v) is 6.72. The highest BCUT2D eigenvalue weighted by Crippen LogP contribution is 2.28. The van der Waals surface area contributed by atoms with Gasteiger partial charge in [-0.15, -0.1) is 0 Å². The van der Waals surface area contributed by atoms with Crippen molar-refractivity contribution >= 4 is 21.5 Å². The van der Waals surface area contributed by atoms with Crippen molar-refractivity contribution in [2.24, 2.45) is 0 Å². The normalized spacial score (nSPS) is 9.91. The molecule has 0 spiro atoms. The van der Waals surface area contributed by atoms with Crippen molar-refractivity contribution in [2.75, 3.05) is 5.73 Å². The van der Waals surface area contributed by atoms with Crippen LogP contribution in [0.1, 0.15) is 12.6 Å². The van der Waals surface area contributed by atoms with Crippen LogP contribution < -0.4 is 5.73 Å². The minimum absolute atomic E-state index is 0.0602. The standard InChI is InChI=1S/C5H7N3O2S/c1-2-3-4(8(9)10)11-5(6)7-3/h2H2,1H3,(H2,6,7). The molecule has 0 saturated heterocycles. The van der Waals surface area contributed by atoms with Gasteiger partial charge in [-0.05, 0) is 17.8 Å². The maximum absolute atomic E-state index is 10.3. The number of rotatable bonds is 2. The van der Waals surface area contributed by atoms with Crippen molar-refractivity contribution < 1.29 is 4.92 Å². The van der Waals surface area contributed by atoms with Gasteiger partial charge in [-0.1, -0.05) is 6.92 Å². The molecule has 60 valence electrons. The van der Waals surface area contributed by atoms with Crippen molar-refractivity contribution in [3.05, 3.63) is 15.8 Å². The molecule has 1 rings (SSSR count). The van der Waals surface area contributed by atoms with E-state index < -0.39 is 4.92 Å². The Bertz CT molecular complexity index is 283. The van der Waals surface area contributed by atoms with Crippen LogP contribution in [0.25, 0.3) is 0 Å². The zero-order valence-electron chi connectivity index (χ0n) is 5.90. The van der Waals surface area contributed by atoms with Crippen LogP contribution in [-0.4, -0.2) is 9.91 Å². The predicted molar refractivity (Wildman–Crippen MR) is 42.6 cm³/mol. The molecule has 11 heavy (non-hydrogen) atoms. The quantitative estimate of drug-likeness (QED) is 0.538. The van der Waals surface area contributed by atoms with Gasteiger partial charge in [0.15, 0.2) is 5.13 Å². The molecular weight excluding hydrogens is 166 g/mol. The second-order valence-corrected chi connectivity index (χ2v) is 2.92. The Morgan fingerprint density at radius 2 is 2.45 bits per heavy atom. The summed E-state index contributed by atoms with van der Waals surface area (Å²) in [6.45, 7) is 1.81. The maximum atomic E-state index is 10.3. The van der Waals surface area contributed by atoms with Crippen LogP contribution in [0, 0.1) is 10.1 Å². The lowest BCUT2D eigenvalue weighted by molar-refractivity contribution is -0.381. The number of nitrogens with two attached hydrogens (primary N) is 1. The van der Waals surface area contributed by atoms with Gasteiger partial charge in [-0.25, -0.2) is 4.98 Å². The number of nitrogen functional groups attached to an aromatic ring is 1. The Balaban J connectivity index is 3.12. The van der Waals surface area contributed by atoms with E-state index in [-0.39, 0.29) is 10.1 Å². The van der Waals surface area contributed by atoms with Crippen molar-refractivity contribution in [3.63, 3.8) is 0 Å². The van der Waals surface area contributed by atoms with Gasteiger partial charge in [-0.2, -0.15) is 0 Å². The van der Waals surface area contributed by atoms with Gasteiger partial charge in [-0.3, -0.25) is 10.1 Å². The Labute approximate surface area is 67.0 Å². The van der Waals surface area contributed by atoms with E-state index in [4.69, 9.17) is 5.73 Å². The summed E-state index contributed by atoms with van der Waals surface area (Å²) in [5, 5.41) is 10.6. The van der Waals surface area contributed by atoms with Gasteiger partial charge >= 0.3 is 5.00 Å². The first-order valence-electron chi connectivity index (χ1n) is 3.04. The third-order valence-corrected chi connectivity index (χ3v) is 2.07. The van der Waals surface area contributed by atoms with Crippen LogP contribution >= 0.6 is 11.3 Å². The van der Waals surface area contributed by atoms with Gasteiger partial charge in [0.2, 0.25) is 0 Å². The minimum atomic E-state index is -0.452. The van der Waals surface area contributed by atoms with Crippen molar-refractivity contribution in [1.82, 2.24) is 4.98 Å². The second kappa shape index (κ2) is 2.83. The lowest BCUT2D eigenvalue weighted by Gasteiger charge is -1.85. The maximum Gasteiger partial charge on any atom is 0.348 e. The zero-order chi connectivity index (χ0) is 8.43. The number of thiazole rings is 1. The summed E-state index contributed by atoms with van der Waals surface area (Å²) in [6.07, 6.45) is 0.546. The van der Waals surface area contributed by atoms with E-state index in [9.17, 15) is 10.1 Å². The fourth-order valence-corrected chi connectivity index (χ4v) is 1.47. The lowest BCUT2D eigenvalue weighted by Crippen LogP contribution is -1.90. The molecule has 6 heteroatoms. The van der Waals surface area contributed by atoms with Crippen LogP contribution in [0.5, 0.6) is 0 Å². The molecule has 0 amide bonds. The van der Waals surface area contributed by atoms with Crippen molar-refractivity contribution in [1.29, 1.82) is 0 Å². The van der Waals surface area contributed by atoms with Crippen molar-refractivity contribution in [2.45, 2.75) is 13.3 Å². The molecule has 0 unspecified atom stereocenters. The van der Waals surface area contributed by atoms with Crippen LogP contribution in [0.3, 0.4) is 0 Å². The van der Waals surface area contributed by atoms with Gasteiger partial charge in [0.1, 0.15) is 5.69 Å². The van der Waals surface area contributed by atoms with Crippen LogP contribution in [0.4, 0.5) is 10.1 Å². The number of hydrogen-bond acceptors (Lipinski definition) is 5. The molecule has 0 aliphatic carbocycles. The highest BCUT2D eigenvalue weighted by atomic mass is 32.1. The molecule has 0 aliphatic heterocycles. The number of anilines is 1. The Morgan fingerprint density at radius 1 is 1.82 bits per heavy atom. The van der Waals surface area contributed by atoms with E-state index in [1.807, 2.05) is 6.92 Å². The third-order valence-electron chi connectivity index (χ3n) is 1.19. The number of aromatic nitrogens is 1. The largest absolute Gasteiger partial charge is 0.375 e. The summed E-state index contributed by atoms with van der Waals surface area (Å²) in [4.78, 5) is 13.7. The number of nitrogens with zero attached hydrogens (tertiary/aromatic N) is 2. The summed E-state index contributed by atoms with van der Waals surface area (Å²) in [7, 11) is 0. The Hall–Kier alpha value is -1.17. The lowest BCUT2D eigenvalue weighted by atomic mass is 10.4. The first-order valence-corrected chi connectivity index (χ1v) is 3.86.